The number of likely N-dealkylation sites (tertiary alicyclic amines) is 1. The maximum atomic E-state index is 9.26. The molecule has 1 saturated heterocycles. The zero-order valence-electron chi connectivity index (χ0n) is 8.12. The van der Waals surface area contributed by atoms with Crippen molar-refractivity contribution in [2.45, 2.75) is 32.2 Å². The van der Waals surface area contributed by atoms with Crippen molar-refractivity contribution in [3.63, 3.8) is 0 Å². The zero-order chi connectivity index (χ0) is 11.0. The molecule has 0 aromatic carbocycles. The van der Waals surface area contributed by atoms with Crippen LogP contribution in [0.25, 0.3) is 0 Å². The first-order chi connectivity index (χ1) is 6.65. The average molecular weight is 195 g/mol. The summed E-state index contributed by atoms with van der Waals surface area (Å²) < 4.78 is 0. The second-order valence-corrected chi connectivity index (χ2v) is 2.94. The lowest BCUT2D eigenvalue weighted by Gasteiger charge is -2.01. The summed E-state index contributed by atoms with van der Waals surface area (Å²) in [6.45, 7) is 2.38. The van der Waals surface area contributed by atoms with Crippen LogP contribution in [0.1, 0.15) is 26.2 Å². The molecule has 0 radical (unpaired) electrons. The van der Waals surface area contributed by atoms with Crippen molar-refractivity contribution < 1.29 is 14.8 Å². The van der Waals surface area contributed by atoms with Crippen LogP contribution in [0.3, 0.4) is 0 Å². The standard InChI is InChI=1S/C6H7N3.C3H6O2/c7-4-6-2-1-3-9(6)5-8;1-2-3(4)5/h6H,1-3H2;2H2,1H3,(H,4,5). The summed E-state index contributed by atoms with van der Waals surface area (Å²) in [6, 6.07) is 2.05. The highest BCUT2D eigenvalue weighted by Gasteiger charge is 2.27. The van der Waals surface area contributed by atoms with E-state index in [4.69, 9.17) is 10.5 Å². The van der Waals surface area contributed by atoms with Gasteiger partial charge in [0.05, 0.1) is 6.54 Å². The molecule has 1 N–H and O–H groups in total. The highest BCUT2D eigenvalue weighted by molar-refractivity contribution is 5.63. The number of rotatable bonds is 1. The Balaban J connectivity index is 0.000000292. The topological polar surface area (TPSA) is 92.2 Å². The summed E-state index contributed by atoms with van der Waals surface area (Å²) in [5, 5.41) is 26.1. The Labute approximate surface area is 83.2 Å². The van der Waals surface area contributed by atoms with Gasteiger partial charge in [-0.2, -0.15) is 5.26 Å². The first kappa shape index (κ1) is 12.4. The van der Waals surface area contributed by atoms with Gasteiger partial charge in [-0.05, 0) is 6.42 Å². The van der Waals surface area contributed by atoms with E-state index in [0.717, 1.165) is 24.3 Å². The molecule has 1 fully saturated rings. The maximum absolute atomic E-state index is 9.26. The van der Waals surface area contributed by atoms with Gasteiger partial charge in [0.1, 0.15) is 6.07 Å². The van der Waals surface area contributed by atoms with E-state index in [9.17, 15) is 9.90 Å². The van der Waals surface area contributed by atoms with E-state index in [1.54, 1.807) is 0 Å². The van der Waals surface area contributed by atoms with Crippen LogP contribution in [-0.2, 0) is 4.79 Å². The molecule has 0 bridgehead atoms. The minimum atomic E-state index is -0.995. The third kappa shape index (κ3) is 4.44. The van der Waals surface area contributed by atoms with E-state index in [1.807, 2.05) is 0 Å². The van der Waals surface area contributed by atoms with Crippen molar-refractivity contribution in [3.05, 3.63) is 0 Å². The van der Waals surface area contributed by atoms with Crippen LogP contribution in [0, 0.1) is 22.8 Å². The number of hydrogen-bond donors (Lipinski definition) is 1. The first-order valence-electron chi connectivity index (χ1n) is 4.51. The SMILES string of the molecule is CCC(=O)[O-].N#CC1CCC[NH+]1C#N. The van der Waals surface area contributed by atoms with Crippen molar-refractivity contribution >= 4 is 5.97 Å². The van der Waals surface area contributed by atoms with Crippen LogP contribution in [0.4, 0.5) is 0 Å². The van der Waals surface area contributed by atoms with Gasteiger partial charge in [0.15, 0.2) is 6.04 Å². The van der Waals surface area contributed by atoms with Gasteiger partial charge in [-0.1, -0.05) is 6.92 Å². The summed E-state index contributed by atoms with van der Waals surface area (Å²) in [5.74, 6) is -0.995. The Hall–Kier alpha value is -1.59. The molecule has 5 heteroatoms. The van der Waals surface area contributed by atoms with Gasteiger partial charge < -0.3 is 9.90 Å². The fraction of sp³-hybridized carbons (Fsp3) is 0.667. The second-order valence-electron chi connectivity index (χ2n) is 2.94. The molecular weight excluding hydrogens is 182 g/mol. The molecule has 1 aliphatic heterocycles. The number of nitriles is 2. The second kappa shape index (κ2) is 6.88. The number of carbonyl (C=O) groups excluding carboxylic acids is 1. The summed E-state index contributed by atoms with van der Waals surface area (Å²) in [5.41, 5.74) is 0. The van der Waals surface area contributed by atoms with Crippen molar-refractivity contribution in [2.24, 2.45) is 0 Å². The molecule has 14 heavy (non-hydrogen) atoms. The van der Waals surface area contributed by atoms with Crippen LogP contribution in [0.15, 0.2) is 0 Å². The van der Waals surface area contributed by atoms with Crippen molar-refractivity contribution in [1.82, 2.24) is 0 Å². The molecule has 0 aromatic heterocycles. The van der Waals surface area contributed by atoms with E-state index in [1.165, 1.54) is 6.92 Å². The highest BCUT2D eigenvalue weighted by atomic mass is 16.4. The third-order valence-electron chi connectivity index (χ3n) is 1.95. The van der Waals surface area contributed by atoms with Gasteiger partial charge in [0.25, 0.3) is 0 Å². The zero-order valence-corrected chi connectivity index (χ0v) is 8.12. The van der Waals surface area contributed by atoms with Gasteiger partial charge in [0, 0.05) is 18.8 Å². The van der Waals surface area contributed by atoms with Crippen LogP contribution in [-0.4, -0.2) is 18.6 Å². The maximum Gasteiger partial charge on any atom is 0.307 e. The molecule has 0 amide bonds. The molecule has 2 atom stereocenters. The number of quaternary nitrogens is 1. The number of aliphatic carboxylic acids is 1. The predicted octanol–water partition coefficient (Wildman–Crippen LogP) is -1.82. The predicted molar refractivity (Wildman–Crippen MR) is 45.4 cm³/mol. The Morgan fingerprint density at radius 1 is 1.64 bits per heavy atom. The smallest absolute Gasteiger partial charge is 0.307 e. The molecule has 1 aliphatic rings. The van der Waals surface area contributed by atoms with E-state index >= 15 is 0 Å². The Bertz CT molecular complexity index is 244. The van der Waals surface area contributed by atoms with E-state index in [0.29, 0.717) is 0 Å². The fourth-order valence-electron chi connectivity index (χ4n) is 1.12. The molecule has 2 unspecified atom stereocenters. The largest absolute Gasteiger partial charge is 0.550 e. The Morgan fingerprint density at radius 2 is 2.21 bits per heavy atom. The normalized spacial score (nSPS) is 23.9. The van der Waals surface area contributed by atoms with Crippen LogP contribution >= 0.6 is 0 Å². The number of carboxylic acid groups (broad SMARTS) is 1. The molecule has 0 spiro atoms. The monoisotopic (exact) mass is 195 g/mol. The lowest BCUT2D eigenvalue weighted by molar-refractivity contribution is -0.836. The van der Waals surface area contributed by atoms with Crippen molar-refractivity contribution in [1.29, 1.82) is 10.5 Å². The summed E-state index contributed by atoms with van der Waals surface area (Å²) in [4.78, 5) is 10.0. The van der Waals surface area contributed by atoms with E-state index < -0.39 is 5.97 Å². The summed E-state index contributed by atoms with van der Waals surface area (Å²) >= 11 is 0. The highest BCUT2D eigenvalue weighted by Crippen LogP contribution is 1.96. The van der Waals surface area contributed by atoms with Crippen LogP contribution in [0.5, 0.6) is 0 Å². The first-order valence-corrected chi connectivity index (χ1v) is 4.51. The minimum Gasteiger partial charge on any atom is -0.550 e. The summed E-state index contributed by atoms with van der Waals surface area (Å²) in [7, 11) is 0. The van der Waals surface area contributed by atoms with Gasteiger partial charge in [-0.25, -0.2) is 4.90 Å². The molecule has 76 valence electrons. The lowest BCUT2D eigenvalue weighted by Crippen LogP contribution is -3.09. The molecular formula is C9H13N3O2. The van der Waals surface area contributed by atoms with E-state index in [2.05, 4.69) is 12.3 Å². The molecule has 0 aliphatic carbocycles. The fourth-order valence-corrected chi connectivity index (χ4v) is 1.12. The summed E-state index contributed by atoms with van der Waals surface area (Å²) in [6.07, 6.45) is 4.07. The number of carbonyl (C=O) groups is 1. The van der Waals surface area contributed by atoms with Gasteiger partial charge in [0.2, 0.25) is 0 Å². The number of nitrogens with one attached hydrogen (secondary N) is 1. The molecule has 0 aromatic rings. The number of nitrogens with zero attached hydrogens (tertiary/aromatic N) is 2. The molecule has 1 rings (SSSR count). The van der Waals surface area contributed by atoms with Crippen molar-refractivity contribution in [3.8, 4) is 12.3 Å². The number of carboxylic acids is 1. The van der Waals surface area contributed by atoms with Crippen LogP contribution in [0.2, 0.25) is 0 Å². The Morgan fingerprint density at radius 3 is 2.50 bits per heavy atom. The molecule has 1 heterocycles. The van der Waals surface area contributed by atoms with Gasteiger partial charge in [-0.3, -0.25) is 0 Å². The average Bonchev–Trinajstić information content (AvgIpc) is 2.65. The van der Waals surface area contributed by atoms with Crippen molar-refractivity contribution in [2.75, 3.05) is 6.54 Å². The lowest BCUT2D eigenvalue weighted by atomic mass is 10.2. The minimum absolute atomic E-state index is 0.0602. The Kier molecular flexibility index (Phi) is 6.09. The van der Waals surface area contributed by atoms with E-state index in [-0.39, 0.29) is 12.5 Å². The molecule has 0 saturated carbocycles. The molecule has 5 nitrogen and oxygen atoms in total. The van der Waals surface area contributed by atoms with Gasteiger partial charge in [-0.15, -0.1) is 5.26 Å². The quantitative estimate of drug-likeness (QED) is 0.499. The number of hydrogen-bond acceptors (Lipinski definition) is 4. The van der Waals surface area contributed by atoms with Crippen LogP contribution < -0.4 is 10.0 Å². The third-order valence-corrected chi connectivity index (χ3v) is 1.95. The van der Waals surface area contributed by atoms with Gasteiger partial charge >= 0.3 is 6.19 Å².